The van der Waals surface area contributed by atoms with Gasteiger partial charge in [-0.05, 0) is 49.6 Å². The minimum absolute atomic E-state index is 0.00665. The lowest BCUT2D eigenvalue weighted by Crippen LogP contribution is -2.24. The Labute approximate surface area is 196 Å². The van der Waals surface area contributed by atoms with E-state index in [1.54, 1.807) is 28.8 Å². The summed E-state index contributed by atoms with van der Waals surface area (Å²) in [6.07, 6.45) is 2.48. The Morgan fingerprint density at radius 1 is 1.27 bits per heavy atom. The highest BCUT2D eigenvalue weighted by Crippen LogP contribution is 2.32. The predicted octanol–water partition coefficient (Wildman–Crippen LogP) is 5.20. The quantitative estimate of drug-likeness (QED) is 0.444. The lowest BCUT2D eigenvalue weighted by atomic mass is 10.00. The third-order valence-electron chi connectivity index (χ3n) is 5.40. The Hall–Kier alpha value is -2.90. The second-order valence-corrected chi connectivity index (χ2v) is 8.66. The van der Waals surface area contributed by atoms with Crippen molar-refractivity contribution in [3.05, 3.63) is 74.3 Å². The normalized spacial score (nSPS) is 12.3. The highest BCUT2D eigenvalue weighted by Gasteiger charge is 2.23. The first-order valence-corrected chi connectivity index (χ1v) is 11.2. The van der Waals surface area contributed by atoms with Gasteiger partial charge in [-0.1, -0.05) is 37.1 Å². The molecule has 3 aromatic rings. The third-order valence-corrected chi connectivity index (χ3v) is 5.69. The Morgan fingerprint density at radius 2 is 2.00 bits per heavy atom. The Balaban J connectivity index is 2.35. The lowest BCUT2D eigenvalue weighted by Gasteiger charge is -2.24. The van der Waals surface area contributed by atoms with E-state index in [1.807, 2.05) is 20.8 Å². The molecule has 0 aliphatic rings. The fourth-order valence-corrected chi connectivity index (χ4v) is 4.15. The number of halogens is 2. The molecule has 0 fully saturated rings. The molecule has 0 amide bonds. The zero-order valence-corrected chi connectivity index (χ0v) is 19.5. The largest absolute Gasteiger partial charge is 0.489 e. The summed E-state index contributed by atoms with van der Waals surface area (Å²) in [6, 6.07) is 7.53. The van der Waals surface area contributed by atoms with Gasteiger partial charge in [0.05, 0.1) is 34.7 Å². The topological polar surface area (TPSA) is 88.8 Å². The number of rotatable bonds is 9. The van der Waals surface area contributed by atoms with Gasteiger partial charge in [0.1, 0.15) is 17.1 Å². The molecule has 8 heteroatoms. The Bertz CT molecular complexity index is 1240. The zero-order valence-electron chi connectivity index (χ0n) is 18.8. The molecule has 6 nitrogen and oxygen atoms in total. The van der Waals surface area contributed by atoms with E-state index in [-0.39, 0.29) is 29.5 Å². The second kappa shape index (κ2) is 10.4. The second-order valence-electron chi connectivity index (χ2n) is 8.26. The summed E-state index contributed by atoms with van der Waals surface area (Å²) in [7, 11) is 0. The van der Waals surface area contributed by atoms with Crippen LogP contribution in [0.3, 0.4) is 0 Å². The van der Waals surface area contributed by atoms with Crippen LogP contribution in [-0.4, -0.2) is 33.5 Å². The van der Waals surface area contributed by atoms with Gasteiger partial charge in [0.15, 0.2) is 0 Å². The van der Waals surface area contributed by atoms with Gasteiger partial charge in [0.2, 0.25) is 5.43 Å². The van der Waals surface area contributed by atoms with Gasteiger partial charge in [-0.15, -0.1) is 0 Å². The number of hydrogen-bond acceptors (Lipinski definition) is 4. The summed E-state index contributed by atoms with van der Waals surface area (Å²) >= 11 is 5.92. The fourth-order valence-electron chi connectivity index (χ4n) is 3.95. The van der Waals surface area contributed by atoms with Crippen molar-refractivity contribution in [2.45, 2.75) is 52.2 Å². The van der Waals surface area contributed by atoms with Crippen molar-refractivity contribution in [1.82, 2.24) is 4.57 Å². The summed E-state index contributed by atoms with van der Waals surface area (Å²) in [5, 5.41) is 19.8. The molecule has 1 heterocycles. The molecule has 0 spiro atoms. The van der Waals surface area contributed by atoms with E-state index < -0.39 is 28.8 Å². The average Bonchev–Trinajstić information content (AvgIpc) is 2.75. The molecule has 0 bridgehead atoms. The molecule has 1 aromatic heterocycles. The minimum atomic E-state index is -1.36. The molecule has 0 aliphatic carbocycles. The Morgan fingerprint density at radius 3 is 2.61 bits per heavy atom. The average molecular weight is 476 g/mol. The first-order chi connectivity index (χ1) is 15.7. The highest BCUT2D eigenvalue weighted by atomic mass is 35.5. The van der Waals surface area contributed by atoms with Crippen LogP contribution in [-0.2, 0) is 6.42 Å². The van der Waals surface area contributed by atoms with Crippen molar-refractivity contribution in [2.75, 3.05) is 6.61 Å². The summed E-state index contributed by atoms with van der Waals surface area (Å²) in [4.78, 5) is 25.0. The van der Waals surface area contributed by atoms with Gasteiger partial charge in [-0.2, -0.15) is 0 Å². The smallest absolute Gasteiger partial charge is 0.341 e. The number of ether oxygens (including phenoxy) is 1. The first kappa shape index (κ1) is 24.7. The number of aliphatic hydroxyl groups excluding tert-OH is 1. The molecular weight excluding hydrogens is 449 g/mol. The fraction of sp³-hybridized carbons (Fsp3) is 0.360. The maximum Gasteiger partial charge on any atom is 0.341 e. The number of aromatic nitrogens is 1. The predicted molar refractivity (Wildman–Crippen MR) is 126 cm³/mol. The SMILES string of the molecule is CCCC(CO)n1cc(C(=O)O)c(=O)c2cc(Cc3cccc(Cl)c3F)cc(OC(C)C)c21. The van der Waals surface area contributed by atoms with Crippen LogP contribution < -0.4 is 10.2 Å². The van der Waals surface area contributed by atoms with Gasteiger partial charge in [0, 0.05) is 12.6 Å². The van der Waals surface area contributed by atoms with E-state index in [4.69, 9.17) is 16.3 Å². The third kappa shape index (κ3) is 5.20. The molecule has 176 valence electrons. The van der Waals surface area contributed by atoms with Crippen molar-refractivity contribution in [2.24, 2.45) is 0 Å². The molecule has 0 saturated carbocycles. The molecule has 0 saturated heterocycles. The van der Waals surface area contributed by atoms with Crippen molar-refractivity contribution >= 4 is 28.5 Å². The molecule has 1 atom stereocenters. The Kier molecular flexibility index (Phi) is 7.76. The number of nitrogens with zero attached hydrogens (tertiary/aromatic N) is 1. The van der Waals surface area contributed by atoms with E-state index in [0.29, 0.717) is 28.8 Å². The van der Waals surface area contributed by atoms with Crippen molar-refractivity contribution in [1.29, 1.82) is 0 Å². The standard InChI is InChI=1S/C25H27ClFNO5/c1-4-6-17(13-29)28-12-19(25(31)32)24(30)18-10-15(11-21(23(18)28)33-14(2)3)9-16-7-5-8-20(26)22(16)27/h5,7-8,10-12,14,17,29H,4,6,9,13H2,1-3H3,(H,31,32). The number of hydrogen-bond donors (Lipinski definition) is 2. The number of carbonyl (C=O) groups is 1. The van der Waals surface area contributed by atoms with Gasteiger partial charge in [0.25, 0.3) is 0 Å². The van der Waals surface area contributed by atoms with E-state index in [1.165, 1.54) is 12.3 Å². The molecule has 3 rings (SSSR count). The van der Waals surface area contributed by atoms with E-state index in [2.05, 4.69) is 0 Å². The number of fused-ring (bicyclic) bond motifs is 1. The van der Waals surface area contributed by atoms with Gasteiger partial charge >= 0.3 is 5.97 Å². The summed E-state index contributed by atoms with van der Waals surface area (Å²) < 4.78 is 22.2. The molecule has 0 aliphatic heterocycles. The highest BCUT2D eigenvalue weighted by molar-refractivity contribution is 6.30. The number of benzene rings is 2. The molecule has 2 aromatic carbocycles. The first-order valence-electron chi connectivity index (χ1n) is 10.8. The van der Waals surface area contributed by atoms with Crippen LogP contribution in [0.2, 0.25) is 5.02 Å². The van der Waals surface area contributed by atoms with E-state index in [9.17, 15) is 24.2 Å². The van der Waals surface area contributed by atoms with Crippen LogP contribution in [0.4, 0.5) is 4.39 Å². The number of aliphatic hydroxyl groups is 1. The van der Waals surface area contributed by atoms with Crippen LogP contribution in [0.25, 0.3) is 10.9 Å². The van der Waals surface area contributed by atoms with Crippen LogP contribution in [0, 0.1) is 5.82 Å². The summed E-state index contributed by atoms with van der Waals surface area (Å²) in [6.45, 7) is 5.38. The van der Waals surface area contributed by atoms with Crippen molar-refractivity contribution < 1.29 is 24.1 Å². The van der Waals surface area contributed by atoms with Crippen molar-refractivity contribution in [3.8, 4) is 5.75 Å². The molecule has 1 unspecified atom stereocenters. The summed E-state index contributed by atoms with van der Waals surface area (Å²) in [5.41, 5.74) is 0.247. The van der Waals surface area contributed by atoms with Gasteiger partial charge in [-0.25, -0.2) is 9.18 Å². The van der Waals surface area contributed by atoms with Crippen LogP contribution >= 0.6 is 11.6 Å². The number of carboxylic acids is 1. The maximum absolute atomic E-state index is 14.5. The minimum Gasteiger partial charge on any atom is -0.489 e. The zero-order chi connectivity index (χ0) is 24.3. The monoisotopic (exact) mass is 475 g/mol. The molecule has 2 N–H and O–H groups in total. The van der Waals surface area contributed by atoms with Crippen LogP contribution in [0.1, 0.15) is 61.1 Å². The van der Waals surface area contributed by atoms with Crippen LogP contribution in [0.15, 0.2) is 41.3 Å². The van der Waals surface area contributed by atoms with Crippen LogP contribution in [0.5, 0.6) is 5.75 Å². The number of carboxylic acid groups (broad SMARTS) is 1. The number of aromatic carboxylic acids is 1. The van der Waals surface area contributed by atoms with Gasteiger partial charge in [-0.3, -0.25) is 4.79 Å². The lowest BCUT2D eigenvalue weighted by molar-refractivity contribution is 0.0694. The molecular formula is C25H27ClFNO5. The van der Waals surface area contributed by atoms with E-state index >= 15 is 0 Å². The van der Waals surface area contributed by atoms with Crippen molar-refractivity contribution in [3.63, 3.8) is 0 Å². The van der Waals surface area contributed by atoms with E-state index in [0.717, 1.165) is 6.42 Å². The maximum atomic E-state index is 14.5. The molecule has 0 radical (unpaired) electrons. The van der Waals surface area contributed by atoms with Gasteiger partial charge < -0.3 is 19.5 Å². The number of pyridine rings is 1. The molecule has 33 heavy (non-hydrogen) atoms. The summed E-state index contributed by atoms with van der Waals surface area (Å²) in [5.74, 6) is -1.55.